The summed E-state index contributed by atoms with van der Waals surface area (Å²) in [6.45, 7) is 9.29. The molecule has 1 aromatic heterocycles. The highest BCUT2D eigenvalue weighted by atomic mass is 16.5. The molecule has 2 aliphatic rings. The fourth-order valence-corrected chi connectivity index (χ4v) is 3.81. The molecule has 1 aromatic rings. The smallest absolute Gasteiger partial charge is 0.191 e. The van der Waals surface area contributed by atoms with Crippen LogP contribution in [0.15, 0.2) is 27.8 Å². The molecule has 0 radical (unpaired) electrons. The molecule has 0 aromatic carbocycles. The summed E-state index contributed by atoms with van der Waals surface area (Å²) in [5, 5.41) is 7.15. The Balaban J connectivity index is 1.50. The van der Waals surface area contributed by atoms with E-state index in [4.69, 9.17) is 14.1 Å². The van der Waals surface area contributed by atoms with Gasteiger partial charge in [0.15, 0.2) is 5.96 Å². The van der Waals surface area contributed by atoms with Gasteiger partial charge in [0.1, 0.15) is 5.76 Å². The van der Waals surface area contributed by atoms with E-state index in [-0.39, 0.29) is 6.10 Å². The summed E-state index contributed by atoms with van der Waals surface area (Å²) < 4.78 is 11.3. The first-order valence-corrected chi connectivity index (χ1v) is 10.6. The molecule has 2 saturated heterocycles. The molecule has 6 heteroatoms. The van der Waals surface area contributed by atoms with Crippen LogP contribution >= 0.6 is 0 Å². The van der Waals surface area contributed by atoms with Crippen LogP contribution in [0.5, 0.6) is 0 Å². The molecule has 1 atom stereocenters. The van der Waals surface area contributed by atoms with Gasteiger partial charge in [0.2, 0.25) is 0 Å². The largest absolute Gasteiger partial charge is 0.469 e. The monoisotopic (exact) mass is 376 g/mol. The lowest BCUT2D eigenvalue weighted by molar-refractivity contribution is 0.0224. The third kappa shape index (κ3) is 6.85. The van der Waals surface area contributed by atoms with Crippen molar-refractivity contribution in [2.24, 2.45) is 4.99 Å². The fraction of sp³-hybridized carbons (Fsp3) is 0.762. The Kier molecular flexibility index (Phi) is 8.02. The molecule has 0 aliphatic carbocycles. The Morgan fingerprint density at radius 3 is 2.78 bits per heavy atom. The maximum atomic E-state index is 5.84. The summed E-state index contributed by atoms with van der Waals surface area (Å²) in [5.41, 5.74) is 0. The number of hydrogen-bond acceptors (Lipinski definition) is 4. The van der Waals surface area contributed by atoms with Crippen LogP contribution in [0.1, 0.15) is 51.7 Å². The molecule has 0 spiro atoms. The summed E-state index contributed by atoms with van der Waals surface area (Å²) in [7, 11) is 0. The molecular weight excluding hydrogens is 340 g/mol. The minimum atomic E-state index is 0.269. The number of hydrogen-bond donors (Lipinski definition) is 2. The number of ether oxygens (including phenoxy) is 1. The second-order valence-corrected chi connectivity index (χ2v) is 7.98. The molecular formula is C21H36N4O2. The summed E-state index contributed by atoms with van der Waals surface area (Å²) >= 11 is 0. The molecule has 2 aliphatic heterocycles. The molecule has 0 saturated carbocycles. The normalized spacial score (nSPS) is 22.9. The molecule has 0 amide bonds. The number of piperidine rings is 1. The van der Waals surface area contributed by atoms with Crippen LogP contribution in [-0.4, -0.2) is 61.8 Å². The van der Waals surface area contributed by atoms with Gasteiger partial charge in [-0.05, 0) is 58.1 Å². The minimum absolute atomic E-state index is 0.269. The van der Waals surface area contributed by atoms with Gasteiger partial charge in [-0.1, -0.05) is 0 Å². The summed E-state index contributed by atoms with van der Waals surface area (Å²) in [6, 6.07) is 5.07. The highest BCUT2D eigenvalue weighted by molar-refractivity contribution is 5.80. The zero-order valence-corrected chi connectivity index (χ0v) is 17.0. The Hall–Kier alpha value is -1.53. The van der Waals surface area contributed by atoms with E-state index >= 15 is 0 Å². The highest BCUT2D eigenvalue weighted by Crippen LogP contribution is 2.14. The van der Waals surface area contributed by atoms with E-state index in [1.807, 2.05) is 12.1 Å². The molecule has 152 valence electrons. The van der Waals surface area contributed by atoms with Gasteiger partial charge in [-0.15, -0.1) is 0 Å². The van der Waals surface area contributed by atoms with Crippen LogP contribution < -0.4 is 10.6 Å². The fourth-order valence-electron chi connectivity index (χ4n) is 3.81. The minimum Gasteiger partial charge on any atom is -0.469 e. The van der Waals surface area contributed by atoms with Gasteiger partial charge in [0.05, 0.1) is 18.9 Å². The van der Waals surface area contributed by atoms with Crippen molar-refractivity contribution in [1.29, 1.82) is 0 Å². The SMILES string of the molecule is CC(C)N1CCC(NC(=NCC2CCCCO2)NCCc2ccco2)CC1. The first kappa shape index (κ1) is 20.2. The van der Waals surface area contributed by atoms with Gasteiger partial charge in [-0.2, -0.15) is 0 Å². The Labute approximate surface area is 163 Å². The van der Waals surface area contributed by atoms with Gasteiger partial charge < -0.3 is 24.7 Å². The van der Waals surface area contributed by atoms with Crippen LogP contribution in [-0.2, 0) is 11.2 Å². The van der Waals surface area contributed by atoms with Crippen molar-refractivity contribution in [3.8, 4) is 0 Å². The number of nitrogens with one attached hydrogen (secondary N) is 2. The van der Waals surface area contributed by atoms with E-state index < -0.39 is 0 Å². The Bertz CT molecular complexity index is 545. The van der Waals surface area contributed by atoms with Gasteiger partial charge in [-0.25, -0.2) is 0 Å². The standard InChI is InChI=1S/C21H36N4O2/c1-17(2)25-12-9-18(10-13-25)24-21(22-11-8-19-7-5-15-26-19)23-16-20-6-3-4-14-27-20/h5,7,15,17-18,20H,3-4,6,8-14,16H2,1-2H3,(H2,22,23,24). The summed E-state index contributed by atoms with van der Waals surface area (Å²) in [5.74, 6) is 1.92. The van der Waals surface area contributed by atoms with E-state index in [1.165, 1.54) is 12.8 Å². The molecule has 3 heterocycles. The number of aliphatic imine (C=N–C) groups is 1. The van der Waals surface area contributed by atoms with Crippen molar-refractivity contribution < 1.29 is 9.15 Å². The predicted molar refractivity (Wildman–Crippen MR) is 109 cm³/mol. The predicted octanol–water partition coefficient (Wildman–Crippen LogP) is 2.80. The van der Waals surface area contributed by atoms with Crippen molar-refractivity contribution in [1.82, 2.24) is 15.5 Å². The van der Waals surface area contributed by atoms with Crippen LogP contribution in [0.2, 0.25) is 0 Å². The molecule has 1 unspecified atom stereocenters. The van der Waals surface area contributed by atoms with E-state index in [2.05, 4.69) is 29.4 Å². The Morgan fingerprint density at radius 1 is 1.26 bits per heavy atom. The number of rotatable bonds is 7. The van der Waals surface area contributed by atoms with Gasteiger partial charge >= 0.3 is 0 Å². The number of nitrogens with zero attached hydrogens (tertiary/aromatic N) is 2. The molecule has 2 N–H and O–H groups in total. The lowest BCUT2D eigenvalue weighted by atomic mass is 10.0. The second kappa shape index (κ2) is 10.7. The zero-order valence-electron chi connectivity index (χ0n) is 17.0. The summed E-state index contributed by atoms with van der Waals surface area (Å²) in [4.78, 5) is 7.39. The first-order chi connectivity index (χ1) is 13.2. The highest BCUT2D eigenvalue weighted by Gasteiger charge is 2.22. The van der Waals surface area contributed by atoms with Crippen molar-refractivity contribution >= 4 is 5.96 Å². The van der Waals surface area contributed by atoms with Crippen LogP contribution in [0, 0.1) is 0 Å². The van der Waals surface area contributed by atoms with E-state index in [0.717, 1.165) is 70.2 Å². The number of likely N-dealkylation sites (tertiary alicyclic amines) is 1. The summed E-state index contributed by atoms with van der Waals surface area (Å²) in [6.07, 6.45) is 8.74. The third-order valence-corrected chi connectivity index (χ3v) is 5.57. The topological polar surface area (TPSA) is 62.0 Å². The average Bonchev–Trinajstić information content (AvgIpc) is 3.21. The number of guanidine groups is 1. The molecule has 0 bridgehead atoms. The van der Waals surface area contributed by atoms with Crippen molar-refractivity contribution in [2.75, 3.05) is 32.8 Å². The van der Waals surface area contributed by atoms with Gasteiger partial charge in [0, 0.05) is 44.7 Å². The van der Waals surface area contributed by atoms with Crippen molar-refractivity contribution in [3.05, 3.63) is 24.2 Å². The Morgan fingerprint density at radius 2 is 2.11 bits per heavy atom. The van der Waals surface area contributed by atoms with E-state index in [1.54, 1.807) is 6.26 Å². The molecule has 27 heavy (non-hydrogen) atoms. The van der Waals surface area contributed by atoms with E-state index in [0.29, 0.717) is 12.1 Å². The quantitative estimate of drug-likeness (QED) is 0.566. The second-order valence-electron chi connectivity index (χ2n) is 7.98. The lowest BCUT2D eigenvalue weighted by Gasteiger charge is -2.35. The number of furan rings is 1. The van der Waals surface area contributed by atoms with Gasteiger partial charge in [0.25, 0.3) is 0 Å². The van der Waals surface area contributed by atoms with E-state index in [9.17, 15) is 0 Å². The zero-order chi connectivity index (χ0) is 18.9. The molecule has 2 fully saturated rings. The third-order valence-electron chi connectivity index (χ3n) is 5.57. The molecule has 6 nitrogen and oxygen atoms in total. The van der Waals surface area contributed by atoms with Crippen LogP contribution in [0.3, 0.4) is 0 Å². The van der Waals surface area contributed by atoms with Crippen molar-refractivity contribution in [3.63, 3.8) is 0 Å². The molecule has 3 rings (SSSR count). The lowest BCUT2D eigenvalue weighted by Crippen LogP contribution is -2.50. The van der Waals surface area contributed by atoms with Gasteiger partial charge in [-0.3, -0.25) is 4.99 Å². The van der Waals surface area contributed by atoms with Crippen molar-refractivity contribution in [2.45, 2.75) is 70.6 Å². The van der Waals surface area contributed by atoms with Crippen LogP contribution in [0.4, 0.5) is 0 Å². The maximum absolute atomic E-state index is 5.84. The average molecular weight is 377 g/mol. The maximum Gasteiger partial charge on any atom is 0.191 e. The first-order valence-electron chi connectivity index (χ1n) is 10.6. The van der Waals surface area contributed by atoms with Crippen LogP contribution in [0.25, 0.3) is 0 Å².